The van der Waals surface area contributed by atoms with Crippen LogP contribution in [0.1, 0.15) is 77.0 Å². The van der Waals surface area contributed by atoms with Gasteiger partial charge in [-0.25, -0.2) is 13.8 Å². The van der Waals surface area contributed by atoms with Gasteiger partial charge in [0.05, 0.1) is 18.1 Å². The summed E-state index contributed by atoms with van der Waals surface area (Å²) in [7, 11) is 0. The number of nitrogens with zero attached hydrogens (tertiary/aromatic N) is 2. The maximum Gasteiger partial charge on any atom is 0.266 e. The molecule has 214 valence electrons. The van der Waals surface area contributed by atoms with E-state index in [0.717, 1.165) is 70.3 Å². The lowest BCUT2D eigenvalue weighted by atomic mass is 9.76. The summed E-state index contributed by atoms with van der Waals surface area (Å²) in [5, 5.41) is 19.8. The Bertz CT molecular complexity index is 897. The Labute approximate surface area is 233 Å². The average Bonchev–Trinajstić information content (AvgIpc) is 3.60. The van der Waals surface area contributed by atoms with E-state index in [4.69, 9.17) is 0 Å². The van der Waals surface area contributed by atoms with Crippen LogP contribution in [0.2, 0.25) is 0 Å². The van der Waals surface area contributed by atoms with E-state index in [2.05, 4.69) is 41.9 Å². The highest BCUT2D eigenvalue weighted by Gasteiger charge is 2.56. The number of likely N-dealkylation sites (tertiary alicyclic amines) is 1. The number of aliphatic hydroxyl groups excluding tert-OH is 1. The lowest BCUT2D eigenvalue weighted by molar-refractivity contribution is -0.144. The summed E-state index contributed by atoms with van der Waals surface area (Å²) in [6.45, 7) is 0.723. The first-order valence-electron chi connectivity index (χ1n) is 15.4. The van der Waals surface area contributed by atoms with Crippen LogP contribution < -0.4 is 16.1 Å². The van der Waals surface area contributed by atoms with Crippen LogP contribution in [0.3, 0.4) is 0 Å². The minimum Gasteiger partial charge on any atom is -0.391 e. The summed E-state index contributed by atoms with van der Waals surface area (Å²) in [6, 6.07) is 0.620. The number of aliphatic hydroxyl groups is 1. The van der Waals surface area contributed by atoms with Gasteiger partial charge in [0.1, 0.15) is 6.17 Å². The Morgan fingerprint density at radius 2 is 1.63 bits per heavy atom. The fourth-order valence-electron chi connectivity index (χ4n) is 9.45. The van der Waals surface area contributed by atoms with Crippen LogP contribution in [-0.2, 0) is 4.79 Å². The van der Waals surface area contributed by atoms with Gasteiger partial charge in [-0.15, -0.1) is 0 Å². The quantitative estimate of drug-likeness (QED) is 0.372. The highest BCUT2D eigenvalue weighted by atomic mass is 79.9. The zero-order chi connectivity index (χ0) is 26.1. The molecule has 7 fully saturated rings. The van der Waals surface area contributed by atoms with Crippen LogP contribution in [0.4, 0.5) is 8.78 Å². The van der Waals surface area contributed by atoms with Gasteiger partial charge in [-0.2, -0.15) is 0 Å². The predicted octanol–water partition coefficient (Wildman–Crippen LogP) is 2.97. The van der Waals surface area contributed by atoms with E-state index >= 15 is 0 Å². The van der Waals surface area contributed by atoms with Crippen molar-refractivity contribution in [3.63, 3.8) is 0 Å². The van der Waals surface area contributed by atoms with E-state index in [1.807, 2.05) is 0 Å². The van der Waals surface area contributed by atoms with Gasteiger partial charge in [-0.05, 0) is 76.0 Å². The van der Waals surface area contributed by atoms with E-state index in [9.17, 15) is 18.7 Å². The van der Waals surface area contributed by atoms with Gasteiger partial charge >= 0.3 is 0 Å². The van der Waals surface area contributed by atoms with Gasteiger partial charge < -0.3 is 10.0 Å². The van der Waals surface area contributed by atoms with Crippen molar-refractivity contribution >= 4 is 21.8 Å². The van der Waals surface area contributed by atoms with Gasteiger partial charge in [-0.1, -0.05) is 28.8 Å². The first-order chi connectivity index (χ1) is 18.4. The molecule has 0 aromatic heterocycles. The van der Waals surface area contributed by atoms with E-state index in [1.165, 1.54) is 19.3 Å². The van der Waals surface area contributed by atoms with Gasteiger partial charge in [0, 0.05) is 47.5 Å². The number of amides is 1. The number of piperidine rings is 1. The number of nitrogens with one attached hydrogen (secondary N) is 3. The molecule has 0 spiro atoms. The van der Waals surface area contributed by atoms with Crippen molar-refractivity contribution in [2.24, 2.45) is 23.7 Å². The molecule has 7 nitrogen and oxygen atoms in total. The second-order valence-corrected chi connectivity index (χ2v) is 14.6. The van der Waals surface area contributed by atoms with Gasteiger partial charge in [0.25, 0.3) is 6.43 Å². The summed E-state index contributed by atoms with van der Waals surface area (Å²) < 4.78 is 27.1. The van der Waals surface area contributed by atoms with Crippen LogP contribution >= 0.6 is 15.9 Å². The molecule has 0 radical (unpaired) electrons. The van der Waals surface area contributed by atoms with E-state index < -0.39 is 12.6 Å². The molecule has 7 rings (SSSR count). The van der Waals surface area contributed by atoms with Crippen LogP contribution in [0, 0.1) is 23.7 Å². The summed E-state index contributed by atoms with van der Waals surface area (Å²) in [4.78, 5) is 16.5. The molecule has 12 atom stereocenters. The molecule has 0 aromatic carbocycles. The third kappa shape index (κ3) is 4.57. The highest BCUT2D eigenvalue weighted by molar-refractivity contribution is 9.09. The van der Waals surface area contributed by atoms with Crippen molar-refractivity contribution in [2.75, 3.05) is 6.54 Å². The standard InChI is InChI=1S/C28H44BrF2N5O2/c29-17-9-8-16(24-25(17)33-27(32-24)26(30)31)28(38)35-12-11-21-23-18(3-1-2-4-20(23)35)34-36(21)19-10-7-15(13-22(19)37)14-5-6-14/h14-27,32-34,37H,1-13H2. The number of fused-ring (bicyclic) bond motifs is 1. The molecule has 3 heterocycles. The topological polar surface area (TPSA) is 79.9 Å². The minimum atomic E-state index is -2.50. The molecule has 38 heavy (non-hydrogen) atoms. The maximum absolute atomic E-state index is 14.2. The van der Waals surface area contributed by atoms with Crippen molar-refractivity contribution < 1.29 is 18.7 Å². The molecule has 3 saturated heterocycles. The minimum absolute atomic E-state index is 0.0924. The Hall–Kier alpha value is -0.390. The number of carbonyl (C=O) groups is 1. The average molecular weight is 601 g/mol. The molecule has 0 bridgehead atoms. The Kier molecular flexibility index (Phi) is 7.30. The molecule has 0 aromatic rings. The van der Waals surface area contributed by atoms with Gasteiger partial charge in [0.2, 0.25) is 5.91 Å². The SMILES string of the molecule is O=C(C1CCC(Br)C2NC(C(F)F)NC12)N1CCC2C3C(CCCCC31)NN2C1CCC(C2CC2)CC1O. The monoisotopic (exact) mass is 599 g/mol. The Balaban J connectivity index is 1.08. The zero-order valence-electron chi connectivity index (χ0n) is 22.2. The first-order valence-corrected chi connectivity index (χ1v) is 16.3. The predicted molar refractivity (Wildman–Crippen MR) is 144 cm³/mol. The van der Waals surface area contributed by atoms with Crippen LogP contribution in [-0.4, -0.2) is 87.2 Å². The van der Waals surface area contributed by atoms with E-state index in [-0.39, 0.29) is 46.9 Å². The number of hydrazine groups is 1. The number of carbonyl (C=O) groups excluding carboxylic acids is 1. The molecule has 4 aliphatic carbocycles. The maximum atomic E-state index is 14.2. The number of halogens is 3. The fourth-order valence-corrected chi connectivity index (χ4v) is 10.2. The summed E-state index contributed by atoms with van der Waals surface area (Å²) in [6.07, 6.45) is 8.93. The van der Waals surface area contributed by atoms with Gasteiger partial charge in [-0.3, -0.25) is 20.9 Å². The molecular formula is C28H44BrF2N5O2. The smallest absolute Gasteiger partial charge is 0.266 e. The van der Waals surface area contributed by atoms with Crippen molar-refractivity contribution in [3.8, 4) is 0 Å². The van der Waals surface area contributed by atoms with Crippen LogP contribution in [0.5, 0.6) is 0 Å². The lowest BCUT2D eigenvalue weighted by Crippen LogP contribution is -2.61. The van der Waals surface area contributed by atoms with Gasteiger partial charge in [0.15, 0.2) is 0 Å². The first kappa shape index (κ1) is 26.5. The second-order valence-electron chi connectivity index (χ2n) is 13.4. The number of rotatable bonds is 4. The molecular weight excluding hydrogens is 556 g/mol. The summed E-state index contributed by atoms with van der Waals surface area (Å²) in [5.74, 6) is 1.81. The second kappa shape index (κ2) is 10.5. The third-order valence-electron chi connectivity index (χ3n) is 11.4. The van der Waals surface area contributed by atoms with Crippen molar-refractivity contribution in [2.45, 2.75) is 137 Å². The number of hydrogen-bond donors (Lipinski definition) is 4. The Morgan fingerprint density at radius 3 is 2.39 bits per heavy atom. The van der Waals surface area contributed by atoms with Crippen molar-refractivity contribution in [3.05, 3.63) is 0 Å². The van der Waals surface area contributed by atoms with Crippen molar-refractivity contribution in [1.82, 2.24) is 26.0 Å². The molecule has 10 heteroatoms. The lowest BCUT2D eigenvalue weighted by Gasteiger charge is -2.49. The van der Waals surface area contributed by atoms with E-state index in [1.54, 1.807) is 0 Å². The normalized spacial score (nSPS) is 49.6. The molecule has 4 N–H and O–H groups in total. The molecule has 1 amide bonds. The number of alkyl halides is 3. The fraction of sp³-hybridized carbons (Fsp3) is 0.964. The van der Waals surface area contributed by atoms with E-state index in [0.29, 0.717) is 23.9 Å². The number of hydrogen-bond acceptors (Lipinski definition) is 6. The van der Waals surface area contributed by atoms with Crippen LogP contribution in [0.25, 0.3) is 0 Å². The molecule has 7 aliphatic rings. The highest BCUT2D eigenvalue weighted by Crippen LogP contribution is 2.48. The molecule has 12 unspecified atom stereocenters. The largest absolute Gasteiger partial charge is 0.391 e. The zero-order valence-corrected chi connectivity index (χ0v) is 23.7. The summed E-state index contributed by atoms with van der Waals surface area (Å²) >= 11 is 3.69. The molecule has 3 aliphatic heterocycles. The summed E-state index contributed by atoms with van der Waals surface area (Å²) in [5.41, 5.74) is 3.89. The van der Waals surface area contributed by atoms with Crippen molar-refractivity contribution in [1.29, 1.82) is 0 Å². The molecule has 4 saturated carbocycles. The Morgan fingerprint density at radius 1 is 0.868 bits per heavy atom. The van der Waals surface area contributed by atoms with Crippen LogP contribution in [0.15, 0.2) is 0 Å². The third-order valence-corrected chi connectivity index (χ3v) is 12.4.